The zero-order valence-electron chi connectivity index (χ0n) is 18.1. The summed E-state index contributed by atoms with van der Waals surface area (Å²) in [6, 6.07) is 11.2. The van der Waals surface area contributed by atoms with Gasteiger partial charge < -0.3 is 4.52 Å². The van der Waals surface area contributed by atoms with E-state index in [1.54, 1.807) is 10.7 Å². The molecule has 29 heavy (non-hydrogen) atoms. The molecular formula is C22H29N5O2. The third kappa shape index (κ3) is 4.85. The SMILES string of the molecule is Cc1ccc(-n2nc(C(C)(C)C)cc2NC(=O)Nc2cc(C(C)(C)C)on2)cc1. The summed E-state index contributed by atoms with van der Waals surface area (Å²) in [5, 5.41) is 14.3. The molecule has 2 aromatic heterocycles. The molecule has 154 valence electrons. The van der Waals surface area contributed by atoms with Gasteiger partial charge in [-0.25, -0.2) is 9.48 Å². The summed E-state index contributed by atoms with van der Waals surface area (Å²) in [6.45, 7) is 14.3. The quantitative estimate of drug-likeness (QED) is 0.621. The molecule has 0 atom stereocenters. The predicted octanol–water partition coefficient (Wildman–Crippen LogP) is 5.41. The number of carbonyl (C=O) groups excluding carboxylic acids is 1. The molecule has 0 aliphatic heterocycles. The van der Waals surface area contributed by atoms with Crippen molar-refractivity contribution >= 4 is 17.7 Å². The summed E-state index contributed by atoms with van der Waals surface area (Å²) < 4.78 is 7.06. The normalized spacial score (nSPS) is 12.1. The molecule has 0 bridgehead atoms. The van der Waals surface area contributed by atoms with Crippen LogP contribution in [0.3, 0.4) is 0 Å². The number of anilines is 2. The molecule has 0 saturated carbocycles. The Morgan fingerprint density at radius 1 is 0.966 bits per heavy atom. The maximum atomic E-state index is 12.6. The van der Waals surface area contributed by atoms with Gasteiger partial charge in [0.1, 0.15) is 11.6 Å². The Hall–Kier alpha value is -3.09. The molecule has 3 aromatic rings. The van der Waals surface area contributed by atoms with Gasteiger partial charge in [0.05, 0.1) is 11.4 Å². The third-order valence-corrected chi connectivity index (χ3v) is 4.49. The number of nitrogens with zero attached hydrogens (tertiary/aromatic N) is 3. The Kier molecular flexibility index (Phi) is 5.26. The molecule has 0 aliphatic rings. The first kappa shape index (κ1) is 20.6. The van der Waals surface area contributed by atoms with Gasteiger partial charge in [0.25, 0.3) is 0 Å². The average molecular weight is 396 g/mol. The van der Waals surface area contributed by atoms with E-state index in [1.165, 1.54) is 0 Å². The van der Waals surface area contributed by atoms with Crippen LogP contribution in [0.5, 0.6) is 0 Å². The second-order valence-corrected chi connectivity index (χ2v) is 9.32. The molecule has 3 rings (SSSR count). The molecule has 0 aliphatic carbocycles. The fourth-order valence-electron chi connectivity index (χ4n) is 2.67. The van der Waals surface area contributed by atoms with E-state index in [0.717, 1.165) is 16.9 Å². The van der Waals surface area contributed by atoms with E-state index >= 15 is 0 Å². The van der Waals surface area contributed by atoms with Gasteiger partial charge in [0.15, 0.2) is 5.82 Å². The summed E-state index contributed by atoms with van der Waals surface area (Å²) >= 11 is 0. The lowest BCUT2D eigenvalue weighted by atomic mass is 9.92. The van der Waals surface area contributed by atoms with Gasteiger partial charge in [-0.2, -0.15) is 5.10 Å². The Bertz CT molecular complexity index is 1000. The Balaban J connectivity index is 1.85. The molecule has 0 fully saturated rings. The maximum absolute atomic E-state index is 12.6. The average Bonchev–Trinajstić information content (AvgIpc) is 3.22. The topological polar surface area (TPSA) is 85.0 Å². The van der Waals surface area contributed by atoms with Gasteiger partial charge in [0.2, 0.25) is 0 Å². The largest absolute Gasteiger partial charge is 0.359 e. The molecular weight excluding hydrogens is 366 g/mol. The van der Waals surface area contributed by atoms with Crippen molar-refractivity contribution in [1.29, 1.82) is 0 Å². The van der Waals surface area contributed by atoms with Crippen molar-refractivity contribution in [3.63, 3.8) is 0 Å². The van der Waals surface area contributed by atoms with Crippen LogP contribution in [0.25, 0.3) is 5.69 Å². The van der Waals surface area contributed by atoms with Crippen LogP contribution in [0.1, 0.15) is 58.6 Å². The van der Waals surface area contributed by atoms with E-state index < -0.39 is 6.03 Å². The van der Waals surface area contributed by atoms with Crippen molar-refractivity contribution in [3.8, 4) is 5.69 Å². The van der Waals surface area contributed by atoms with Crippen molar-refractivity contribution in [2.45, 2.75) is 59.3 Å². The van der Waals surface area contributed by atoms with Crippen LogP contribution in [-0.2, 0) is 10.8 Å². The van der Waals surface area contributed by atoms with Crippen LogP contribution in [0, 0.1) is 6.92 Å². The highest BCUT2D eigenvalue weighted by Crippen LogP contribution is 2.27. The molecule has 7 heteroatoms. The van der Waals surface area contributed by atoms with Gasteiger partial charge in [0, 0.05) is 23.0 Å². The first-order chi connectivity index (χ1) is 13.4. The van der Waals surface area contributed by atoms with E-state index in [-0.39, 0.29) is 10.8 Å². The summed E-state index contributed by atoms with van der Waals surface area (Å²) in [7, 11) is 0. The highest BCUT2D eigenvalue weighted by atomic mass is 16.5. The molecule has 0 spiro atoms. The van der Waals surface area contributed by atoms with Crippen LogP contribution in [0.4, 0.5) is 16.4 Å². The number of aryl methyl sites for hydroxylation is 1. The van der Waals surface area contributed by atoms with Crippen molar-refractivity contribution < 1.29 is 9.32 Å². The zero-order chi connectivity index (χ0) is 21.4. The zero-order valence-corrected chi connectivity index (χ0v) is 18.1. The summed E-state index contributed by atoms with van der Waals surface area (Å²) in [4.78, 5) is 12.6. The Labute approximate surface area is 171 Å². The number of rotatable bonds is 3. The highest BCUT2D eigenvalue weighted by molar-refractivity contribution is 5.98. The van der Waals surface area contributed by atoms with Gasteiger partial charge >= 0.3 is 6.03 Å². The van der Waals surface area contributed by atoms with E-state index in [1.807, 2.05) is 58.0 Å². The lowest BCUT2D eigenvalue weighted by molar-refractivity contribution is 0.261. The number of carbonyl (C=O) groups is 1. The van der Waals surface area contributed by atoms with E-state index in [9.17, 15) is 4.79 Å². The number of hydrogen-bond acceptors (Lipinski definition) is 4. The number of amides is 2. The minimum absolute atomic E-state index is 0.156. The van der Waals surface area contributed by atoms with Crippen LogP contribution < -0.4 is 10.6 Å². The fraction of sp³-hybridized carbons (Fsp3) is 0.409. The lowest BCUT2D eigenvalue weighted by Gasteiger charge is -2.14. The monoisotopic (exact) mass is 395 g/mol. The minimum Gasteiger partial charge on any atom is -0.359 e. The van der Waals surface area contributed by atoms with Crippen LogP contribution >= 0.6 is 0 Å². The van der Waals surface area contributed by atoms with Crippen LogP contribution in [0.15, 0.2) is 40.9 Å². The van der Waals surface area contributed by atoms with Crippen molar-refractivity contribution in [2.24, 2.45) is 0 Å². The van der Waals surface area contributed by atoms with Crippen molar-refractivity contribution in [2.75, 3.05) is 10.6 Å². The second kappa shape index (κ2) is 7.39. The molecule has 7 nitrogen and oxygen atoms in total. The molecule has 2 heterocycles. The first-order valence-electron chi connectivity index (χ1n) is 9.66. The van der Waals surface area contributed by atoms with Crippen LogP contribution in [-0.4, -0.2) is 21.0 Å². The molecule has 2 N–H and O–H groups in total. The third-order valence-electron chi connectivity index (χ3n) is 4.49. The summed E-state index contributed by atoms with van der Waals surface area (Å²) in [5.41, 5.74) is 2.57. The molecule has 0 unspecified atom stereocenters. The highest BCUT2D eigenvalue weighted by Gasteiger charge is 2.23. The van der Waals surface area contributed by atoms with Crippen molar-refractivity contribution in [3.05, 3.63) is 53.4 Å². The molecule has 0 radical (unpaired) electrons. The van der Waals surface area contributed by atoms with Gasteiger partial charge in [-0.15, -0.1) is 0 Å². The number of hydrogen-bond donors (Lipinski definition) is 2. The van der Waals surface area contributed by atoms with Crippen molar-refractivity contribution in [1.82, 2.24) is 14.9 Å². The molecule has 1 aromatic carbocycles. The van der Waals surface area contributed by atoms with Gasteiger partial charge in [-0.3, -0.25) is 10.6 Å². The summed E-state index contributed by atoms with van der Waals surface area (Å²) in [6.07, 6.45) is 0. The molecule has 2 amide bonds. The summed E-state index contributed by atoms with van der Waals surface area (Å²) in [5.74, 6) is 1.65. The van der Waals surface area contributed by atoms with Crippen LogP contribution in [0.2, 0.25) is 0 Å². The smallest absolute Gasteiger partial charge is 0.326 e. The number of benzene rings is 1. The number of aromatic nitrogens is 3. The standard InChI is InChI=1S/C22H29N5O2/c1-14-8-10-15(11-9-14)27-19(12-16(25-27)21(2,3)4)24-20(28)23-18-13-17(29-26-18)22(5,6)7/h8-13H,1-7H3,(H2,23,24,26,28). The maximum Gasteiger partial charge on any atom is 0.326 e. The number of urea groups is 1. The second-order valence-electron chi connectivity index (χ2n) is 9.32. The van der Waals surface area contributed by atoms with E-state index in [0.29, 0.717) is 17.4 Å². The fourth-order valence-corrected chi connectivity index (χ4v) is 2.67. The number of nitrogens with one attached hydrogen (secondary N) is 2. The van der Waals surface area contributed by atoms with E-state index in [2.05, 4.69) is 36.6 Å². The van der Waals surface area contributed by atoms with E-state index in [4.69, 9.17) is 9.62 Å². The Morgan fingerprint density at radius 2 is 1.62 bits per heavy atom. The lowest BCUT2D eigenvalue weighted by Crippen LogP contribution is -2.21. The Morgan fingerprint density at radius 3 is 2.17 bits per heavy atom. The first-order valence-corrected chi connectivity index (χ1v) is 9.66. The molecule has 0 saturated heterocycles. The predicted molar refractivity (Wildman–Crippen MR) is 115 cm³/mol. The van der Waals surface area contributed by atoms with Gasteiger partial charge in [-0.1, -0.05) is 64.4 Å². The minimum atomic E-state index is -0.410. The van der Waals surface area contributed by atoms with Gasteiger partial charge in [-0.05, 0) is 19.1 Å².